The molecule has 7 heterocycles. The molecule has 6 fully saturated rings. The Labute approximate surface area is 601 Å². The monoisotopic (exact) mass is 1450 g/mol. The van der Waals surface area contributed by atoms with Crippen LogP contribution in [0.2, 0.25) is 76.1 Å². The zero-order valence-electron chi connectivity index (χ0n) is 66.5. The number of fused-ring (bicyclic) bond motifs is 5. The van der Waals surface area contributed by atoms with E-state index in [1.807, 2.05) is 0 Å². The maximum absolute atomic E-state index is 15.1. The maximum atomic E-state index is 15.1. The van der Waals surface area contributed by atoms with Gasteiger partial charge < -0.3 is 55.3 Å². The lowest BCUT2D eigenvalue weighted by Crippen LogP contribution is -2.73. The standard InChI is InChI=1S/C80H138O13Si5/c1-28-96(29-2,30-3)90-66-52-77(20)69(51-70-80(23,92-77)71(91-97(55(4)5,56(6)7)57(8)9)48-58(84-70)38-37-47-82-98(75(16,17)18,59-39-33-31-34-40-59)60-41-35-32-36-42-60)85-64(66)49-63-61(81)43-44-67-78(21,89-63)54-79(22)68(87-67)50-65-62(88-79)45-46-76(19,93-95(26,27)74(13,14)15)72(86-65)53-83-94(24,25)73(10,11)12/h31-36,39-42,45-46,55-58,62-72H,28-30,37-38,43-44,47-54H2,1-27H3/t58-,62+,63-,64+,65-,66-,67-,68+,69-,70+,71-,72+,76-,77+,78+,79-,80+/m0/s1. The lowest BCUT2D eigenvalue weighted by atomic mass is 9.73. The normalized spacial score (nSPS) is 35.5. The summed E-state index contributed by atoms with van der Waals surface area (Å²) in [5, 5.41) is 2.45. The van der Waals surface area contributed by atoms with Gasteiger partial charge >= 0.3 is 0 Å². The number of carbonyl (C=O) groups is 1. The van der Waals surface area contributed by atoms with Crippen molar-refractivity contribution in [1.82, 2.24) is 0 Å². The van der Waals surface area contributed by atoms with Crippen molar-refractivity contribution in [3.05, 3.63) is 72.8 Å². The second-order valence-corrected chi connectivity index (χ2v) is 61.4. The topological polar surface area (TPSA) is 128 Å². The van der Waals surface area contributed by atoms with Crippen LogP contribution in [0.15, 0.2) is 72.8 Å². The summed E-state index contributed by atoms with van der Waals surface area (Å²) < 4.78 is 90.5. The number of carbonyl (C=O) groups excluding carboxylic acids is 1. The van der Waals surface area contributed by atoms with E-state index in [2.05, 4.69) is 258 Å². The van der Waals surface area contributed by atoms with Gasteiger partial charge in [-0.2, -0.15) is 0 Å². The van der Waals surface area contributed by atoms with Crippen LogP contribution in [0, 0.1) is 0 Å². The molecule has 18 heteroatoms. The van der Waals surface area contributed by atoms with Gasteiger partial charge in [-0.1, -0.05) is 197 Å². The first-order valence-electron chi connectivity index (χ1n) is 38.7. The molecule has 6 saturated heterocycles. The molecule has 0 aromatic heterocycles. The highest BCUT2D eigenvalue weighted by Gasteiger charge is 2.66. The van der Waals surface area contributed by atoms with E-state index in [9.17, 15) is 0 Å². The molecule has 0 aliphatic carbocycles. The number of hydrogen-bond donors (Lipinski definition) is 0. The molecule has 7 aliphatic rings. The van der Waals surface area contributed by atoms with Crippen molar-refractivity contribution < 1.29 is 60.1 Å². The van der Waals surface area contributed by atoms with E-state index in [1.165, 1.54) is 10.4 Å². The zero-order valence-corrected chi connectivity index (χ0v) is 71.5. The van der Waals surface area contributed by atoms with Crippen molar-refractivity contribution >= 4 is 57.7 Å². The lowest BCUT2D eigenvalue weighted by molar-refractivity contribution is -0.354. The quantitative estimate of drug-likeness (QED) is 0.0562. The molecule has 0 radical (unpaired) electrons. The fraction of sp³-hybridized carbons (Fsp3) is 0.812. The third-order valence-electron chi connectivity index (χ3n) is 26.6. The SMILES string of the molecule is CC[Si](CC)(CC)O[C@H]1C[C@@]2(C)O[C@@]3(C)[C@@H](O[Si](C(C)C)(C(C)C)C(C)C)C[C@H](CCCO[Si](c4ccccc4)(c4ccccc4)C(C)(C)C)O[C@@H]3C[C@@H]2O[C@@H]1C[C@@H]1O[C@]2(C)C[C@]3(C)O[C@@H]4C=C[C@](C)(O[Si](C)(C)C(C)(C)C)[C@@H](CO[Si](C)(C)C(C)(C)C)O[C@H]4C[C@H]3O[C@H]2CCC1=O. The van der Waals surface area contributed by atoms with E-state index in [0.717, 1.165) is 37.4 Å². The van der Waals surface area contributed by atoms with E-state index in [-0.39, 0.29) is 81.9 Å². The summed E-state index contributed by atoms with van der Waals surface area (Å²) in [5.41, 5.74) is -2.74. The summed E-state index contributed by atoms with van der Waals surface area (Å²) in [7, 11) is -12.0. The van der Waals surface area contributed by atoms with Crippen molar-refractivity contribution in [1.29, 1.82) is 0 Å². The minimum absolute atomic E-state index is 0.0228. The Kier molecular flexibility index (Phi) is 24.4. The third kappa shape index (κ3) is 15.8. The molecule has 2 aromatic carbocycles. The average Bonchev–Trinajstić information content (AvgIpc) is 0.904. The van der Waals surface area contributed by atoms with Crippen LogP contribution in [0.3, 0.4) is 0 Å². The summed E-state index contributed by atoms with van der Waals surface area (Å²) in [4.78, 5) is 15.1. The van der Waals surface area contributed by atoms with Crippen molar-refractivity contribution in [2.75, 3.05) is 13.2 Å². The minimum atomic E-state index is -2.76. The van der Waals surface area contributed by atoms with Crippen molar-refractivity contribution in [3.63, 3.8) is 0 Å². The van der Waals surface area contributed by atoms with Gasteiger partial charge in [0.15, 0.2) is 30.7 Å². The first kappa shape index (κ1) is 80.5. The molecule has 556 valence electrons. The van der Waals surface area contributed by atoms with Gasteiger partial charge in [-0.05, 0) is 140 Å². The van der Waals surface area contributed by atoms with Crippen LogP contribution in [-0.4, -0.2) is 162 Å². The fourth-order valence-corrected chi connectivity index (χ4v) is 34.2. The molecule has 0 amide bonds. The van der Waals surface area contributed by atoms with E-state index in [0.29, 0.717) is 74.8 Å². The van der Waals surface area contributed by atoms with Crippen LogP contribution in [0.5, 0.6) is 0 Å². The molecule has 0 N–H and O–H groups in total. The first-order chi connectivity index (χ1) is 45.3. The number of Topliss-reactive ketones (excluding diaryl/α,β-unsaturated/α-hetero) is 1. The third-order valence-corrected chi connectivity index (χ3v) is 51.5. The van der Waals surface area contributed by atoms with E-state index < -0.39 is 81.8 Å². The van der Waals surface area contributed by atoms with Crippen LogP contribution in [-0.2, 0) is 60.1 Å². The lowest BCUT2D eigenvalue weighted by Gasteiger charge is -2.62. The molecule has 2 aromatic rings. The van der Waals surface area contributed by atoms with E-state index in [1.54, 1.807) is 0 Å². The van der Waals surface area contributed by atoms with Crippen molar-refractivity contribution in [3.8, 4) is 0 Å². The molecule has 17 atom stereocenters. The van der Waals surface area contributed by atoms with Crippen molar-refractivity contribution in [2.45, 2.75) is 401 Å². The molecule has 0 bridgehead atoms. The molecule has 7 aliphatic heterocycles. The predicted octanol–water partition coefficient (Wildman–Crippen LogP) is 18.3. The molecular weight excluding hydrogens is 1310 g/mol. The maximum Gasteiger partial charge on any atom is 0.261 e. The van der Waals surface area contributed by atoms with Gasteiger partial charge in [-0.25, -0.2) is 0 Å². The Hall–Kier alpha value is -1.55. The highest BCUT2D eigenvalue weighted by atomic mass is 28.4. The highest BCUT2D eigenvalue weighted by molar-refractivity contribution is 6.99. The van der Waals surface area contributed by atoms with E-state index in [4.69, 9.17) is 55.3 Å². The predicted molar refractivity (Wildman–Crippen MR) is 411 cm³/mol. The summed E-state index contributed by atoms with van der Waals surface area (Å²) in [6.45, 7) is 63.4. The summed E-state index contributed by atoms with van der Waals surface area (Å²) in [6.07, 6.45) is 6.31. The Morgan fingerprint density at radius 2 is 1.17 bits per heavy atom. The summed E-state index contributed by atoms with van der Waals surface area (Å²) in [5.74, 6) is 0.0823. The molecule has 0 saturated carbocycles. The summed E-state index contributed by atoms with van der Waals surface area (Å²) in [6, 6.07) is 24.9. The average molecular weight is 1450 g/mol. The molecule has 13 nitrogen and oxygen atoms in total. The number of ketones is 1. The Balaban J connectivity index is 0.988. The number of ether oxygens (including phenoxy) is 7. The van der Waals surface area contributed by atoms with Crippen molar-refractivity contribution in [2.24, 2.45) is 0 Å². The number of hydrogen-bond acceptors (Lipinski definition) is 13. The van der Waals surface area contributed by atoms with E-state index >= 15 is 4.79 Å². The highest BCUT2D eigenvalue weighted by Crippen LogP contribution is 2.56. The Morgan fingerprint density at radius 1 is 0.612 bits per heavy atom. The summed E-state index contributed by atoms with van der Waals surface area (Å²) >= 11 is 0. The van der Waals surface area contributed by atoms with Gasteiger partial charge in [-0.3, -0.25) is 4.79 Å². The second kappa shape index (κ2) is 29.7. The Bertz CT molecular complexity index is 2930. The van der Waals surface area contributed by atoms with Crippen LogP contribution in [0.25, 0.3) is 0 Å². The fourth-order valence-electron chi connectivity index (χ4n) is 18.5. The van der Waals surface area contributed by atoms with Crippen LogP contribution >= 0.6 is 0 Å². The molecule has 9 rings (SSSR count). The molecule has 0 spiro atoms. The molecule has 0 unspecified atom stereocenters. The Morgan fingerprint density at radius 3 is 1.71 bits per heavy atom. The minimum Gasteiger partial charge on any atom is -0.414 e. The molecular formula is C80H138O13Si5. The van der Waals surface area contributed by atoms with Gasteiger partial charge in [0.25, 0.3) is 8.32 Å². The zero-order chi connectivity index (χ0) is 72.5. The second-order valence-electron chi connectivity index (χ2n) is 37.4. The van der Waals surface area contributed by atoms with Gasteiger partial charge in [0.2, 0.25) is 8.32 Å². The van der Waals surface area contributed by atoms with Gasteiger partial charge in [-0.15, -0.1) is 0 Å². The van der Waals surface area contributed by atoms with Gasteiger partial charge in [0.1, 0.15) is 29.5 Å². The first-order valence-corrected chi connectivity index (χ1v) is 51.1. The molecule has 98 heavy (non-hydrogen) atoms. The van der Waals surface area contributed by atoms with Crippen LogP contribution in [0.4, 0.5) is 0 Å². The smallest absolute Gasteiger partial charge is 0.261 e. The number of rotatable bonds is 24. The van der Waals surface area contributed by atoms with Gasteiger partial charge in [0.05, 0.1) is 78.3 Å². The van der Waals surface area contributed by atoms with Gasteiger partial charge in [0, 0.05) is 51.6 Å². The van der Waals surface area contributed by atoms with Crippen LogP contribution < -0.4 is 10.4 Å². The number of benzene rings is 2. The largest absolute Gasteiger partial charge is 0.414 e. The van der Waals surface area contributed by atoms with Crippen LogP contribution in [0.1, 0.15) is 223 Å².